The number of quaternary nitrogens is 1. The van der Waals surface area contributed by atoms with Gasteiger partial charge in [0.15, 0.2) is 6.17 Å². The Balaban J connectivity index is 1.55. The smallest absolute Gasteiger partial charge is 0.155 e. The van der Waals surface area contributed by atoms with Crippen LogP contribution in [0.5, 0.6) is 0 Å². The second-order valence-corrected chi connectivity index (χ2v) is 10.4. The highest BCUT2D eigenvalue weighted by Gasteiger charge is 2.56. The first-order chi connectivity index (χ1) is 15.1. The van der Waals surface area contributed by atoms with Gasteiger partial charge in [0.1, 0.15) is 5.92 Å². The normalized spacial score (nSPS) is 50.2. The van der Waals surface area contributed by atoms with Crippen LogP contribution in [0.1, 0.15) is 44.9 Å². The Labute approximate surface area is 187 Å². The molecule has 4 aliphatic rings. The third-order valence-corrected chi connectivity index (χ3v) is 9.40. The molecule has 2 saturated heterocycles. The van der Waals surface area contributed by atoms with E-state index in [0.717, 1.165) is 45.1 Å². The van der Waals surface area contributed by atoms with E-state index in [1.807, 2.05) is 14.2 Å². The average molecular weight is 437 g/mol. The number of nitrogens with two attached hydrogens (primary N) is 1. The van der Waals surface area contributed by atoms with E-state index in [9.17, 15) is 5.26 Å². The lowest BCUT2D eigenvalue weighted by atomic mass is 9.61. The fraction of sp³-hybridized carbons (Fsp3) is 0.958. The Morgan fingerprint density at radius 3 is 1.94 bits per heavy atom. The third kappa shape index (κ3) is 4.28. The summed E-state index contributed by atoms with van der Waals surface area (Å²) in [4.78, 5) is 1.46. The van der Waals surface area contributed by atoms with Crippen LogP contribution in [0.4, 0.5) is 0 Å². The predicted octanol–water partition coefficient (Wildman–Crippen LogP) is 0.974. The molecule has 4 rings (SSSR count). The summed E-state index contributed by atoms with van der Waals surface area (Å²) in [5.74, 6) is 2.00. The van der Waals surface area contributed by atoms with Crippen LogP contribution in [0.3, 0.4) is 0 Å². The van der Waals surface area contributed by atoms with Crippen LogP contribution in [0.2, 0.25) is 0 Å². The molecule has 7 nitrogen and oxygen atoms in total. The number of hydrogen-bond acceptors (Lipinski definition) is 6. The number of rotatable bonds is 5. The minimum absolute atomic E-state index is 0.0852. The molecule has 7 heteroatoms. The molecule has 0 aromatic heterocycles. The van der Waals surface area contributed by atoms with Crippen LogP contribution in [0.15, 0.2) is 0 Å². The van der Waals surface area contributed by atoms with E-state index in [-0.39, 0.29) is 36.5 Å². The summed E-state index contributed by atoms with van der Waals surface area (Å²) in [6, 6.07) is 3.15. The van der Waals surface area contributed by atoms with Crippen molar-refractivity contribution in [1.29, 1.82) is 5.26 Å². The number of ether oxygens (including phenoxy) is 4. The summed E-state index contributed by atoms with van der Waals surface area (Å²) in [5, 5.41) is 10.1. The number of piperidine rings is 2. The SMILES string of the molecule is COC1CCC(C2CC3C4CC(OC)C(OC)CC4CC[NH+]3C(N)C2C#N)CC1OC. The standard InChI is InChI=1S/C24H41N3O4/c1-28-20-6-5-14(9-21(20)29-2)16-11-19-17-12-23(31-4)22(30-3)10-15(17)7-8-27(19)24(26)18(16)13-25/h14-24H,5-12,26H2,1-4H3/p+1. The summed E-state index contributed by atoms with van der Waals surface area (Å²) in [6.45, 7) is 1.07. The van der Waals surface area contributed by atoms with Crippen LogP contribution in [-0.4, -0.2) is 71.6 Å². The molecule has 31 heavy (non-hydrogen) atoms. The van der Waals surface area contributed by atoms with Gasteiger partial charge in [-0.05, 0) is 56.3 Å². The Bertz CT molecular complexity index is 643. The summed E-state index contributed by atoms with van der Waals surface area (Å²) in [6.07, 6.45) is 7.97. The number of nitrogens with one attached hydrogen (secondary N) is 1. The van der Waals surface area contributed by atoms with E-state index in [1.54, 1.807) is 14.2 Å². The molecule has 4 fully saturated rings. The van der Waals surface area contributed by atoms with Crippen LogP contribution in [0.25, 0.3) is 0 Å². The van der Waals surface area contributed by atoms with E-state index >= 15 is 0 Å². The van der Waals surface area contributed by atoms with Gasteiger partial charge in [-0.3, -0.25) is 5.73 Å². The minimum atomic E-state index is -0.100. The molecule has 0 spiro atoms. The van der Waals surface area contributed by atoms with E-state index in [4.69, 9.17) is 24.7 Å². The number of hydrogen-bond donors (Lipinski definition) is 2. The van der Waals surface area contributed by atoms with Crippen LogP contribution in [-0.2, 0) is 18.9 Å². The molecule has 0 aromatic carbocycles. The zero-order chi connectivity index (χ0) is 22.1. The summed E-state index contributed by atoms with van der Waals surface area (Å²) < 4.78 is 23.1. The van der Waals surface area contributed by atoms with Gasteiger partial charge in [-0.1, -0.05) is 0 Å². The Morgan fingerprint density at radius 2 is 1.32 bits per heavy atom. The van der Waals surface area contributed by atoms with Crippen LogP contribution in [0, 0.1) is 40.9 Å². The number of methoxy groups -OCH3 is 4. The van der Waals surface area contributed by atoms with E-state index in [1.165, 1.54) is 11.3 Å². The monoisotopic (exact) mass is 436 g/mol. The highest BCUT2D eigenvalue weighted by Crippen LogP contribution is 2.45. The Hall–Kier alpha value is -0.750. The molecule has 176 valence electrons. The zero-order valence-corrected chi connectivity index (χ0v) is 19.7. The van der Waals surface area contributed by atoms with Crippen molar-refractivity contribution < 1.29 is 23.8 Å². The first kappa shape index (κ1) is 23.4. The van der Waals surface area contributed by atoms with Gasteiger partial charge in [-0.2, -0.15) is 5.26 Å². The number of nitrogens with zero attached hydrogens (tertiary/aromatic N) is 1. The maximum Gasteiger partial charge on any atom is 0.155 e. The molecule has 2 aliphatic heterocycles. The Kier molecular flexibility index (Phi) is 7.57. The maximum atomic E-state index is 10.1. The molecule has 0 aromatic rings. The Morgan fingerprint density at radius 1 is 0.742 bits per heavy atom. The molecule has 3 N–H and O–H groups in total. The quantitative estimate of drug-likeness (QED) is 0.668. The lowest BCUT2D eigenvalue weighted by Gasteiger charge is -2.55. The molecular formula is C24H42N3O4+. The molecule has 12 atom stereocenters. The highest BCUT2D eigenvalue weighted by atomic mass is 16.5. The molecule has 0 bridgehead atoms. The molecular weight excluding hydrogens is 394 g/mol. The predicted molar refractivity (Wildman–Crippen MR) is 116 cm³/mol. The van der Waals surface area contributed by atoms with Crippen molar-refractivity contribution in [2.45, 2.75) is 81.6 Å². The highest BCUT2D eigenvalue weighted by molar-refractivity contribution is 5.02. The fourth-order valence-electron chi connectivity index (χ4n) is 7.75. The molecule has 2 heterocycles. The number of fused-ring (bicyclic) bond motifs is 3. The van der Waals surface area contributed by atoms with Crippen LogP contribution < -0.4 is 10.6 Å². The van der Waals surface area contributed by atoms with E-state index in [0.29, 0.717) is 29.7 Å². The van der Waals surface area contributed by atoms with Gasteiger partial charge in [-0.25, -0.2) is 0 Å². The molecule has 2 saturated carbocycles. The van der Waals surface area contributed by atoms with Crippen LogP contribution >= 0.6 is 0 Å². The van der Waals surface area contributed by atoms with Gasteiger partial charge in [0.05, 0.1) is 43.1 Å². The van der Waals surface area contributed by atoms with E-state index in [2.05, 4.69) is 6.07 Å². The second-order valence-electron chi connectivity index (χ2n) is 10.4. The summed E-state index contributed by atoms with van der Waals surface area (Å²) >= 11 is 0. The molecule has 2 aliphatic carbocycles. The first-order valence-electron chi connectivity index (χ1n) is 12.2. The van der Waals surface area contributed by atoms with Crippen molar-refractivity contribution in [3.8, 4) is 6.07 Å². The minimum Gasteiger partial charge on any atom is -0.379 e. The van der Waals surface area contributed by atoms with Crippen molar-refractivity contribution in [2.75, 3.05) is 35.0 Å². The van der Waals surface area contributed by atoms with Crippen molar-refractivity contribution in [2.24, 2.45) is 35.3 Å². The van der Waals surface area contributed by atoms with Gasteiger partial charge in [0.2, 0.25) is 0 Å². The average Bonchev–Trinajstić information content (AvgIpc) is 2.82. The summed E-state index contributed by atoms with van der Waals surface area (Å²) in [7, 11) is 7.18. The van der Waals surface area contributed by atoms with Crippen molar-refractivity contribution >= 4 is 0 Å². The van der Waals surface area contributed by atoms with Gasteiger partial charge in [0, 0.05) is 40.8 Å². The molecule has 12 unspecified atom stereocenters. The van der Waals surface area contributed by atoms with Gasteiger partial charge in [-0.15, -0.1) is 0 Å². The van der Waals surface area contributed by atoms with Crippen molar-refractivity contribution in [1.82, 2.24) is 0 Å². The largest absolute Gasteiger partial charge is 0.379 e. The molecule has 0 radical (unpaired) electrons. The molecule has 0 amide bonds. The van der Waals surface area contributed by atoms with Gasteiger partial charge >= 0.3 is 0 Å². The number of nitriles is 1. The third-order valence-electron chi connectivity index (χ3n) is 9.40. The van der Waals surface area contributed by atoms with Gasteiger partial charge in [0.25, 0.3) is 0 Å². The summed E-state index contributed by atoms with van der Waals surface area (Å²) in [5.41, 5.74) is 6.83. The zero-order valence-electron chi connectivity index (χ0n) is 19.7. The van der Waals surface area contributed by atoms with Gasteiger partial charge < -0.3 is 23.8 Å². The van der Waals surface area contributed by atoms with Crippen molar-refractivity contribution in [3.63, 3.8) is 0 Å². The topological polar surface area (TPSA) is 91.2 Å². The second kappa shape index (κ2) is 10.0. The van der Waals surface area contributed by atoms with E-state index < -0.39 is 0 Å². The van der Waals surface area contributed by atoms with Crippen molar-refractivity contribution in [3.05, 3.63) is 0 Å². The maximum absolute atomic E-state index is 10.1. The lowest BCUT2D eigenvalue weighted by Crippen LogP contribution is -3.24. The first-order valence-corrected chi connectivity index (χ1v) is 12.2. The lowest BCUT2D eigenvalue weighted by molar-refractivity contribution is -0.970. The fourth-order valence-corrected chi connectivity index (χ4v) is 7.75.